The molecule has 33 valence electrons. The van der Waals surface area contributed by atoms with Crippen molar-refractivity contribution in [1.29, 1.82) is 10.5 Å². The first-order chi connectivity index (χ1) is 2.41. The van der Waals surface area contributed by atoms with Crippen LogP contribution in [0.5, 0.6) is 0 Å². The summed E-state index contributed by atoms with van der Waals surface area (Å²) in [5, 5.41) is 14.7. The van der Waals surface area contributed by atoms with E-state index in [0.29, 0.717) is 0 Å². The second-order valence-electron chi connectivity index (χ2n) is 0.285. The summed E-state index contributed by atoms with van der Waals surface area (Å²) < 4.78 is 3.44. The zero-order valence-corrected chi connectivity index (χ0v) is 3.68. The Morgan fingerprint density at radius 3 is 1.50 bits per heavy atom. The van der Waals surface area contributed by atoms with E-state index in [9.17, 15) is 0 Å². The van der Waals surface area contributed by atoms with Crippen LogP contribution in [0.25, 0.3) is 0 Å². The van der Waals surface area contributed by atoms with Crippen LogP contribution in [0, 0.1) is 23.0 Å². The summed E-state index contributed by atoms with van der Waals surface area (Å²) in [4.78, 5) is 0. The van der Waals surface area contributed by atoms with E-state index in [1.165, 1.54) is 0 Å². The van der Waals surface area contributed by atoms with Gasteiger partial charge in [0.15, 0.2) is 0 Å². The van der Waals surface area contributed by atoms with E-state index in [0.717, 1.165) is 12.5 Å². The Kier molecular flexibility index (Phi) is 13.3. The Hall–Kier alpha value is -0.714. The van der Waals surface area contributed by atoms with Gasteiger partial charge in [0.25, 0.3) is 0 Å². The summed E-state index contributed by atoms with van der Waals surface area (Å²) in [6, 6.07) is 0. The van der Waals surface area contributed by atoms with Gasteiger partial charge >= 0.3 is 12.5 Å². The van der Waals surface area contributed by atoms with Gasteiger partial charge in [-0.1, -0.05) is 0 Å². The van der Waals surface area contributed by atoms with Gasteiger partial charge < -0.3 is 4.74 Å². The molecular formula is C2CoN2O. The van der Waals surface area contributed by atoms with Crippen LogP contribution in [0.15, 0.2) is 0 Å². The SMILES string of the molecule is N#COC#N.[Co]. The van der Waals surface area contributed by atoms with Crippen molar-refractivity contribution in [3.8, 4) is 12.5 Å². The smallest absolute Gasteiger partial charge is 0.303 e. The first-order valence-electron chi connectivity index (χ1n) is 0.855. The third-order valence-corrected chi connectivity index (χ3v) is 0.0913. The summed E-state index contributed by atoms with van der Waals surface area (Å²) in [5.41, 5.74) is 0. The predicted molar refractivity (Wildman–Crippen MR) is 12.3 cm³/mol. The average molecular weight is 127 g/mol. The van der Waals surface area contributed by atoms with E-state index in [2.05, 4.69) is 4.74 Å². The fourth-order valence-corrected chi connectivity index (χ4v) is 0.0204. The van der Waals surface area contributed by atoms with Crippen molar-refractivity contribution in [2.75, 3.05) is 0 Å². The van der Waals surface area contributed by atoms with Gasteiger partial charge in [0.1, 0.15) is 0 Å². The first-order valence-corrected chi connectivity index (χ1v) is 0.855. The molecule has 0 fully saturated rings. The topological polar surface area (TPSA) is 56.8 Å². The third-order valence-electron chi connectivity index (χ3n) is 0.0913. The molecule has 0 N–H and O–H groups in total. The van der Waals surface area contributed by atoms with Crippen LogP contribution < -0.4 is 0 Å². The van der Waals surface area contributed by atoms with Crippen LogP contribution >= 0.6 is 0 Å². The molecule has 0 aromatic heterocycles. The van der Waals surface area contributed by atoms with Crippen LogP contribution in [-0.4, -0.2) is 0 Å². The number of rotatable bonds is 0. The number of hydrogen-bond donors (Lipinski definition) is 0. The Morgan fingerprint density at radius 2 is 1.50 bits per heavy atom. The predicted octanol–water partition coefficient (Wildman–Crippen LogP) is -0.0373. The van der Waals surface area contributed by atoms with Gasteiger partial charge in [-0.2, -0.15) is 0 Å². The van der Waals surface area contributed by atoms with Crippen molar-refractivity contribution in [3.05, 3.63) is 0 Å². The largest absolute Gasteiger partial charge is 0.308 e. The molecule has 0 amide bonds. The van der Waals surface area contributed by atoms with E-state index >= 15 is 0 Å². The molecule has 0 saturated heterocycles. The van der Waals surface area contributed by atoms with E-state index in [-0.39, 0.29) is 16.8 Å². The zero-order chi connectivity index (χ0) is 4.12. The molecule has 0 aromatic rings. The molecule has 0 rings (SSSR count). The van der Waals surface area contributed by atoms with Gasteiger partial charge in [0, 0.05) is 16.8 Å². The van der Waals surface area contributed by atoms with Crippen molar-refractivity contribution in [2.24, 2.45) is 0 Å². The van der Waals surface area contributed by atoms with Crippen LogP contribution in [0.4, 0.5) is 0 Å². The Morgan fingerprint density at radius 1 is 1.17 bits per heavy atom. The summed E-state index contributed by atoms with van der Waals surface area (Å²) >= 11 is 0. The van der Waals surface area contributed by atoms with Gasteiger partial charge in [-0.25, -0.2) is 0 Å². The molecule has 0 heterocycles. The minimum absolute atomic E-state index is 0. The fraction of sp³-hybridized carbons (Fsp3) is 0. The molecule has 0 aliphatic carbocycles. The van der Waals surface area contributed by atoms with E-state index in [1.807, 2.05) is 0 Å². The number of ether oxygens (including phenoxy) is 1. The van der Waals surface area contributed by atoms with E-state index in [1.54, 1.807) is 0 Å². The maximum Gasteiger partial charge on any atom is 0.303 e. The van der Waals surface area contributed by atoms with Crippen LogP contribution in [0.3, 0.4) is 0 Å². The molecule has 0 aromatic carbocycles. The van der Waals surface area contributed by atoms with Crippen molar-refractivity contribution in [2.45, 2.75) is 0 Å². The molecule has 4 heteroatoms. The molecule has 0 atom stereocenters. The van der Waals surface area contributed by atoms with Crippen molar-refractivity contribution >= 4 is 0 Å². The zero-order valence-electron chi connectivity index (χ0n) is 2.64. The van der Waals surface area contributed by atoms with E-state index in [4.69, 9.17) is 10.5 Å². The number of nitrogens with zero attached hydrogens (tertiary/aromatic N) is 2. The molecule has 0 unspecified atom stereocenters. The maximum atomic E-state index is 7.37. The molecule has 0 aliphatic rings. The minimum Gasteiger partial charge on any atom is -0.308 e. The molecule has 3 nitrogen and oxygen atoms in total. The minimum atomic E-state index is 0. The van der Waals surface area contributed by atoms with Crippen LogP contribution in [0.2, 0.25) is 0 Å². The quantitative estimate of drug-likeness (QED) is 0.429. The van der Waals surface area contributed by atoms with Gasteiger partial charge in [-0.15, -0.1) is 10.5 Å². The van der Waals surface area contributed by atoms with Crippen molar-refractivity contribution < 1.29 is 21.5 Å². The molecule has 0 spiro atoms. The molecule has 1 radical (unpaired) electrons. The van der Waals surface area contributed by atoms with Gasteiger partial charge in [0.2, 0.25) is 0 Å². The molecular weight excluding hydrogens is 127 g/mol. The second kappa shape index (κ2) is 8.86. The van der Waals surface area contributed by atoms with Crippen LogP contribution in [-0.2, 0) is 21.5 Å². The summed E-state index contributed by atoms with van der Waals surface area (Å²) in [6.45, 7) is 0. The standard InChI is InChI=1S/C2N2O.Co/c3-1-5-2-4;. The Bertz CT molecular complexity index is 76.7. The fourth-order valence-electron chi connectivity index (χ4n) is 0.0204. The summed E-state index contributed by atoms with van der Waals surface area (Å²) in [6.07, 6.45) is 2.31. The maximum absolute atomic E-state index is 7.37. The second-order valence-corrected chi connectivity index (χ2v) is 0.285. The number of hydrogen-bond acceptors (Lipinski definition) is 3. The van der Waals surface area contributed by atoms with Gasteiger partial charge in [0.05, 0.1) is 0 Å². The van der Waals surface area contributed by atoms with E-state index < -0.39 is 0 Å². The molecule has 6 heavy (non-hydrogen) atoms. The number of nitriles is 2. The molecule has 0 aliphatic heterocycles. The van der Waals surface area contributed by atoms with Crippen LogP contribution in [0.1, 0.15) is 0 Å². The van der Waals surface area contributed by atoms with Crippen molar-refractivity contribution in [1.82, 2.24) is 0 Å². The monoisotopic (exact) mass is 127 g/mol. The van der Waals surface area contributed by atoms with Gasteiger partial charge in [-0.05, 0) is 0 Å². The Balaban J connectivity index is 0. The average Bonchev–Trinajstić information content (AvgIpc) is 1.41. The molecule has 0 bridgehead atoms. The summed E-state index contributed by atoms with van der Waals surface area (Å²) in [5.74, 6) is 0. The summed E-state index contributed by atoms with van der Waals surface area (Å²) in [7, 11) is 0. The molecule has 0 saturated carbocycles. The third kappa shape index (κ3) is 10.4. The Labute approximate surface area is 45.3 Å². The van der Waals surface area contributed by atoms with Gasteiger partial charge in [-0.3, -0.25) is 0 Å². The first kappa shape index (κ1) is 8.99. The van der Waals surface area contributed by atoms with Crippen molar-refractivity contribution in [3.63, 3.8) is 0 Å². The normalized spacial score (nSPS) is 3.00.